The van der Waals surface area contributed by atoms with E-state index in [1.165, 1.54) is 0 Å². The monoisotopic (exact) mass is 429 g/mol. The van der Waals surface area contributed by atoms with Crippen LogP contribution in [0.25, 0.3) is 0 Å². The molecule has 0 fully saturated rings. The van der Waals surface area contributed by atoms with E-state index in [0.29, 0.717) is 11.5 Å². The molecule has 168 valence electrons. The molecule has 0 radical (unpaired) electrons. The number of alkyl carbamates (subject to hydrolysis) is 1. The van der Waals surface area contributed by atoms with Gasteiger partial charge in [-0.05, 0) is 63.1 Å². The number of hydrogen-bond donors (Lipinski definition) is 1. The van der Waals surface area contributed by atoms with Crippen molar-refractivity contribution in [3.05, 3.63) is 59.7 Å². The van der Waals surface area contributed by atoms with Gasteiger partial charge in [-0.15, -0.1) is 0 Å². The van der Waals surface area contributed by atoms with Gasteiger partial charge in [-0.3, -0.25) is 0 Å². The summed E-state index contributed by atoms with van der Waals surface area (Å²) in [6.07, 6.45) is -0.697. The lowest BCUT2D eigenvalue weighted by Gasteiger charge is -2.29. The molecule has 1 atom stereocenters. The number of nitrogens with one attached hydrogen (secondary N) is 1. The summed E-state index contributed by atoms with van der Waals surface area (Å²) in [5.41, 5.74) is 0.902. The summed E-state index contributed by atoms with van der Waals surface area (Å²) in [6.45, 7) is 7.19. The third-order valence-corrected chi connectivity index (χ3v) is 4.50. The van der Waals surface area contributed by atoms with Gasteiger partial charge in [-0.1, -0.05) is 24.3 Å². The van der Waals surface area contributed by atoms with Crippen molar-refractivity contribution < 1.29 is 28.5 Å². The highest BCUT2D eigenvalue weighted by Crippen LogP contribution is 2.31. The minimum Gasteiger partial charge on any atom is -0.497 e. The zero-order valence-corrected chi connectivity index (χ0v) is 18.9. The van der Waals surface area contributed by atoms with E-state index in [4.69, 9.17) is 18.9 Å². The number of ether oxygens (including phenoxy) is 4. The Morgan fingerprint density at radius 3 is 1.68 bits per heavy atom. The largest absolute Gasteiger partial charge is 0.497 e. The fourth-order valence-electron chi connectivity index (χ4n) is 3.14. The van der Waals surface area contributed by atoms with E-state index >= 15 is 0 Å². The highest BCUT2D eigenvalue weighted by atomic mass is 16.6. The van der Waals surface area contributed by atoms with Crippen LogP contribution in [0, 0.1) is 0 Å². The van der Waals surface area contributed by atoms with Gasteiger partial charge in [0.05, 0.1) is 20.8 Å². The number of hydrogen-bond acceptors (Lipinski definition) is 6. The van der Waals surface area contributed by atoms with Crippen molar-refractivity contribution in [3.8, 4) is 11.5 Å². The Kier molecular flexibility index (Phi) is 8.30. The number of amides is 1. The van der Waals surface area contributed by atoms with Crippen LogP contribution in [0.1, 0.15) is 44.7 Å². The first kappa shape index (κ1) is 24.1. The van der Waals surface area contributed by atoms with Crippen LogP contribution in [0.5, 0.6) is 11.5 Å². The molecule has 31 heavy (non-hydrogen) atoms. The van der Waals surface area contributed by atoms with Crippen molar-refractivity contribution in [1.29, 1.82) is 0 Å². The average molecular weight is 430 g/mol. The molecule has 2 rings (SSSR count). The Morgan fingerprint density at radius 1 is 0.871 bits per heavy atom. The minimum atomic E-state index is -1.00. The molecule has 0 aliphatic carbocycles. The first-order valence-corrected chi connectivity index (χ1v) is 10.1. The van der Waals surface area contributed by atoms with Crippen LogP contribution >= 0.6 is 0 Å². The van der Waals surface area contributed by atoms with Crippen LogP contribution in [-0.2, 0) is 14.3 Å². The maximum Gasteiger partial charge on any atom is 0.408 e. The second-order valence-electron chi connectivity index (χ2n) is 7.90. The number of carbonyl (C=O) groups is 2. The summed E-state index contributed by atoms with van der Waals surface area (Å²) in [4.78, 5) is 25.5. The number of benzene rings is 2. The Hall–Kier alpha value is -3.22. The molecule has 7 nitrogen and oxygen atoms in total. The molecule has 2 aromatic carbocycles. The van der Waals surface area contributed by atoms with Gasteiger partial charge in [0.1, 0.15) is 23.1 Å². The van der Waals surface area contributed by atoms with Crippen molar-refractivity contribution >= 4 is 12.1 Å². The minimum absolute atomic E-state index is 0.184. The van der Waals surface area contributed by atoms with Crippen molar-refractivity contribution in [2.75, 3.05) is 20.8 Å². The molecule has 7 heteroatoms. The second kappa shape index (κ2) is 10.7. The molecule has 0 spiro atoms. The zero-order chi connectivity index (χ0) is 23.0. The van der Waals surface area contributed by atoms with Gasteiger partial charge in [0.25, 0.3) is 0 Å². The van der Waals surface area contributed by atoms with Crippen LogP contribution in [0.3, 0.4) is 0 Å². The molecular weight excluding hydrogens is 398 g/mol. The standard InChI is InChI=1S/C24H31NO6/c1-7-30-22(26)21(25-23(27)31-24(2,3)4)20(16-8-12-18(28-5)13-9-16)17-10-14-19(29-6)15-11-17/h8-15,20-21H,7H2,1-6H3,(H,25,27)/t21-/m0/s1. The van der Waals surface area contributed by atoms with Crippen molar-refractivity contribution in [2.45, 2.75) is 45.3 Å². The summed E-state index contributed by atoms with van der Waals surface area (Å²) in [7, 11) is 3.17. The maximum absolute atomic E-state index is 12.9. The fourth-order valence-corrected chi connectivity index (χ4v) is 3.14. The summed E-state index contributed by atoms with van der Waals surface area (Å²) < 4.78 is 21.2. The van der Waals surface area contributed by atoms with Gasteiger partial charge >= 0.3 is 12.1 Å². The molecule has 0 bridgehead atoms. The molecule has 0 saturated carbocycles. The lowest BCUT2D eigenvalue weighted by molar-refractivity contribution is -0.146. The van der Waals surface area contributed by atoms with E-state index in [9.17, 15) is 9.59 Å². The van der Waals surface area contributed by atoms with Crippen molar-refractivity contribution in [3.63, 3.8) is 0 Å². The molecule has 0 saturated heterocycles. The lowest BCUT2D eigenvalue weighted by atomic mass is 9.85. The smallest absolute Gasteiger partial charge is 0.408 e. The summed E-state index contributed by atoms with van der Waals surface area (Å²) >= 11 is 0. The van der Waals surface area contributed by atoms with E-state index in [2.05, 4.69) is 5.32 Å². The lowest BCUT2D eigenvalue weighted by Crippen LogP contribution is -2.48. The van der Waals surface area contributed by atoms with E-state index in [0.717, 1.165) is 11.1 Å². The summed E-state index contributed by atoms with van der Waals surface area (Å²) in [6, 6.07) is 13.7. The summed E-state index contributed by atoms with van der Waals surface area (Å²) in [5.74, 6) is 0.295. The van der Waals surface area contributed by atoms with E-state index in [1.807, 2.05) is 48.5 Å². The Bertz CT molecular complexity index is 808. The molecule has 0 heterocycles. The van der Waals surface area contributed by atoms with Gasteiger partial charge in [0, 0.05) is 5.92 Å². The first-order chi connectivity index (χ1) is 14.7. The van der Waals surface area contributed by atoms with Crippen molar-refractivity contribution in [2.24, 2.45) is 0 Å². The van der Waals surface area contributed by atoms with Gasteiger partial charge < -0.3 is 24.3 Å². The number of esters is 1. The second-order valence-corrected chi connectivity index (χ2v) is 7.90. The topological polar surface area (TPSA) is 83.1 Å². The van der Waals surface area contributed by atoms with E-state index in [-0.39, 0.29) is 6.61 Å². The van der Waals surface area contributed by atoms with Gasteiger partial charge in [-0.25, -0.2) is 9.59 Å². The Labute approximate surface area is 183 Å². The zero-order valence-electron chi connectivity index (χ0n) is 18.9. The fraction of sp³-hybridized carbons (Fsp3) is 0.417. The molecular formula is C24H31NO6. The highest BCUT2D eigenvalue weighted by molar-refractivity contribution is 5.83. The quantitative estimate of drug-likeness (QED) is 0.630. The summed E-state index contributed by atoms with van der Waals surface area (Å²) in [5, 5.41) is 2.71. The third-order valence-electron chi connectivity index (χ3n) is 4.50. The molecule has 0 aliphatic heterocycles. The van der Waals surface area contributed by atoms with E-state index < -0.39 is 29.6 Å². The first-order valence-electron chi connectivity index (χ1n) is 10.1. The van der Waals surface area contributed by atoms with Gasteiger partial charge in [-0.2, -0.15) is 0 Å². The number of rotatable bonds is 8. The Balaban J connectivity index is 2.52. The molecule has 0 unspecified atom stereocenters. The van der Waals surface area contributed by atoms with Crippen LogP contribution in [0.4, 0.5) is 4.79 Å². The highest BCUT2D eigenvalue weighted by Gasteiger charge is 2.35. The SMILES string of the molecule is CCOC(=O)[C@@H](NC(=O)OC(C)(C)C)C(c1ccc(OC)cc1)c1ccc(OC)cc1. The molecule has 0 aromatic heterocycles. The molecule has 0 aliphatic rings. The molecule has 1 amide bonds. The van der Waals surface area contributed by atoms with Gasteiger partial charge in [0.15, 0.2) is 0 Å². The molecule has 1 N–H and O–H groups in total. The Morgan fingerprint density at radius 2 is 1.32 bits per heavy atom. The predicted molar refractivity (Wildman–Crippen MR) is 118 cm³/mol. The molecule has 2 aromatic rings. The normalized spacial score (nSPS) is 12.1. The van der Waals surface area contributed by atoms with E-state index in [1.54, 1.807) is 41.9 Å². The number of carbonyl (C=O) groups excluding carboxylic acids is 2. The van der Waals surface area contributed by atoms with Crippen LogP contribution in [0.15, 0.2) is 48.5 Å². The maximum atomic E-state index is 12.9. The van der Waals surface area contributed by atoms with Gasteiger partial charge in [0.2, 0.25) is 0 Å². The van der Waals surface area contributed by atoms with Crippen molar-refractivity contribution in [1.82, 2.24) is 5.32 Å². The van der Waals surface area contributed by atoms with Crippen LogP contribution < -0.4 is 14.8 Å². The van der Waals surface area contributed by atoms with Crippen LogP contribution in [0.2, 0.25) is 0 Å². The predicted octanol–water partition coefficient (Wildman–Crippen LogP) is 4.29. The number of methoxy groups -OCH3 is 2. The third kappa shape index (κ3) is 6.91. The van der Waals surface area contributed by atoms with Crippen LogP contribution in [-0.4, -0.2) is 44.5 Å². The average Bonchev–Trinajstić information content (AvgIpc) is 2.73.